The number of nitrogens with zero attached hydrogens (tertiary/aromatic N) is 2. The van der Waals surface area contributed by atoms with Crippen LogP contribution in [0.15, 0.2) is 0 Å². The fraction of sp³-hybridized carbons (Fsp3) is 0.769. The first-order chi connectivity index (χ1) is 8.66. The van der Waals surface area contributed by atoms with Crippen molar-refractivity contribution in [2.75, 3.05) is 17.2 Å². The van der Waals surface area contributed by atoms with Crippen LogP contribution in [-0.4, -0.2) is 28.6 Å². The summed E-state index contributed by atoms with van der Waals surface area (Å²) in [6.45, 7) is 5.76. The molecule has 1 aliphatic carbocycles. The number of thiazole rings is 1. The minimum Gasteiger partial charge on any atom is -0.343 e. The predicted molar refractivity (Wildman–Crippen MR) is 80.7 cm³/mol. The highest BCUT2D eigenvalue weighted by molar-refractivity contribution is 8.00. The number of rotatable bonds is 1. The van der Waals surface area contributed by atoms with E-state index in [9.17, 15) is 0 Å². The maximum Gasteiger partial charge on any atom is 0.186 e. The van der Waals surface area contributed by atoms with Gasteiger partial charge in [0.2, 0.25) is 0 Å². The summed E-state index contributed by atoms with van der Waals surface area (Å²) in [7, 11) is 0. The van der Waals surface area contributed by atoms with E-state index in [2.05, 4.69) is 30.5 Å². The van der Waals surface area contributed by atoms with Gasteiger partial charge in [0.1, 0.15) is 0 Å². The fourth-order valence-electron chi connectivity index (χ4n) is 2.77. The van der Waals surface area contributed by atoms with Gasteiger partial charge < -0.3 is 10.6 Å². The van der Waals surface area contributed by atoms with E-state index in [0.29, 0.717) is 11.3 Å². The first-order valence-electron chi connectivity index (χ1n) is 6.80. The molecule has 2 heterocycles. The van der Waals surface area contributed by atoms with Crippen LogP contribution in [0, 0.1) is 0 Å². The lowest BCUT2D eigenvalue weighted by Gasteiger charge is -2.37. The van der Waals surface area contributed by atoms with E-state index in [4.69, 9.17) is 10.7 Å². The van der Waals surface area contributed by atoms with Crippen LogP contribution in [0.1, 0.15) is 43.3 Å². The maximum absolute atomic E-state index is 6.20. The molecular weight excluding hydrogens is 262 g/mol. The predicted octanol–water partition coefficient (Wildman–Crippen LogP) is 2.81. The highest BCUT2D eigenvalue weighted by Crippen LogP contribution is 2.38. The van der Waals surface area contributed by atoms with Crippen LogP contribution in [0.4, 0.5) is 5.13 Å². The Morgan fingerprint density at radius 2 is 2.22 bits per heavy atom. The minimum absolute atomic E-state index is 0.229. The van der Waals surface area contributed by atoms with Gasteiger partial charge in [0.15, 0.2) is 5.13 Å². The van der Waals surface area contributed by atoms with E-state index >= 15 is 0 Å². The van der Waals surface area contributed by atoms with E-state index < -0.39 is 0 Å². The molecule has 0 saturated carbocycles. The molecular formula is C13H21N3S2. The number of anilines is 1. The molecule has 5 heteroatoms. The molecule has 18 heavy (non-hydrogen) atoms. The number of aryl methyl sites for hydroxylation is 1. The largest absolute Gasteiger partial charge is 0.343 e. The number of thioether (sulfide) groups is 1. The molecule has 0 spiro atoms. The number of hydrogen-bond donors (Lipinski definition) is 1. The summed E-state index contributed by atoms with van der Waals surface area (Å²) in [6.07, 6.45) is 3.43. The van der Waals surface area contributed by atoms with Crippen LogP contribution in [0.3, 0.4) is 0 Å². The third-order valence-corrected chi connectivity index (χ3v) is 6.72. The molecule has 0 aromatic carbocycles. The molecule has 3 atom stereocenters. The third-order valence-electron chi connectivity index (χ3n) is 4.11. The van der Waals surface area contributed by atoms with E-state index in [1.54, 1.807) is 0 Å². The summed E-state index contributed by atoms with van der Waals surface area (Å²) in [6, 6.07) is 0.805. The smallest absolute Gasteiger partial charge is 0.186 e. The zero-order valence-corrected chi connectivity index (χ0v) is 12.7. The second-order valence-corrected chi connectivity index (χ2v) is 7.81. The number of hydrogen-bond acceptors (Lipinski definition) is 5. The topological polar surface area (TPSA) is 42.2 Å². The number of fused-ring (bicyclic) bond motifs is 1. The first-order valence-corrected chi connectivity index (χ1v) is 8.66. The average Bonchev–Trinajstić information content (AvgIpc) is 2.78. The summed E-state index contributed by atoms with van der Waals surface area (Å²) >= 11 is 3.91. The van der Waals surface area contributed by atoms with Gasteiger partial charge >= 0.3 is 0 Å². The Morgan fingerprint density at radius 1 is 1.39 bits per heavy atom. The molecule has 1 aliphatic heterocycles. The van der Waals surface area contributed by atoms with Crippen molar-refractivity contribution in [1.82, 2.24) is 4.98 Å². The molecule has 0 bridgehead atoms. The van der Waals surface area contributed by atoms with Crippen molar-refractivity contribution >= 4 is 28.2 Å². The zero-order chi connectivity index (χ0) is 12.7. The van der Waals surface area contributed by atoms with Gasteiger partial charge in [-0.3, -0.25) is 0 Å². The second kappa shape index (κ2) is 5.02. The van der Waals surface area contributed by atoms with Crippen molar-refractivity contribution in [3.05, 3.63) is 10.6 Å². The maximum atomic E-state index is 6.20. The first kappa shape index (κ1) is 12.8. The van der Waals surface area contributed by atoms with Crippen LogP contribution in [0.25, 0.3) is 0 Å². The Labute approximate surface area is 117 Å². The number of nitrogens with two attached hydrogens (primary N) is 1. The number of aromatic nitrogens is 1. The standard InChI is InChI=1S/C13H21N3S2/c1-8-9(2)17-7-6-16(8)13-15-11-5-3-4-10(14)12(11)18-13/h8-10H,3-7,14H2,1-2H3. The molecule has 1 aromatic rings. The summed E-state index contributed by atoms with van der Waals surface area (Å²) in [5.74, 6) is 1.21. The summed E-state index contributed by atoms with van der Waals surface area (Å²) < 4.78 is 0. The Balaban J connectivity index is 1.88. The van der Waals surface area contributed by atoms with Gasteiger partial charge in [-0.25, -0.2) is 4.98 Å². The van der Waals surface area contributed by atoms with Gasteiger partial charge in [0.25, 0.3) is 0 Å². The molecule has 1 saturated heterocycles. The Bertz CT molecular complexity index is 432. The van der Waals surface area contributed by atoms with Crippen molar-refractivity contribution in [2.45, 2.75) is 50.4 Å². The monoisotopic (exact) mass is 283 g/mol. The lowest BCUT2D eigenvalue weighted by Crippen LogP contribution is -2.44. The lowest BCUT2D eigenvalue weighted by atomic mass is 9.99. The van der Waals surface area contributed by atoms with Crippen LogP contribution in [0.2, 0.25) is 0 Å². The minimum atomic E-state index is 0.229. The third kappa shape index (κ3) is 2.17. The van der Waals surface area contributed by atoms with Crippen LogP contribution in [0.5, 0.6) is 0 Å². The van der Waals surface area contributed by atoms with Gasteiger partial charge in [-0.2, -0.15) is 11.8 Å². The Morgan fingerprint density at radius 3 is 3.00 bits per heavy atom. The van der Waals surface area contributed by atoms with E-state index in [-0.39, 0.29) is 6.04 Å². The highest BCUT2D eigenvalue weighted by Gasteiger charge is 2.30. The molecule has 1 aromatic heterocycles. The van der Waals surface area contributed by atoms with Gasteiger partial charge in [0, 0.05) is 34.5 Å². The SMILES string of the molecule is CC1SCCN(c2nc3c(s2)C(N)CCC3)C1C. The molecule has 3 unspecified atom stereocenters. The van der Waals surface area contributed by atoms with E-state index in [0.717, 1.165) is 19.4 Å². The molecule has 3 rings (SSSR count). The molecule has 2 aliphatic rings. The van der Waals surface area contributed by atoms with Crippen molar-refractivity contribution in [3.8, 4) is 0 Å². The normalized spacial score (nSPS) is 32.4. The van der Waals surface area contributed by atoms with E-state index in [1.807, 2.05) is 11.3 Å². The Hall–Kier alpha value is -0.260. The molecule has 100 valence electrons. The van der Waals surface area contributed by atoms with Crippen LogP contribution >= 0.6 is 23.1 Å². The van der Waals surface area contributed by atoms with Crippen LogP contribution in [-0.2, 0) is 6.42 Å². The quantitative estimate of drug-likeness (QED) is 0.860. The summed E-state index contributed by atoms with van der Waals surface area (Å²) in [5, 5.41) is 1.89. The van der Waals surface area contributed by atoms with E-state index in [1.165, 1.54) is 27.9 Å². The molecule has 3 nitrogen and oxygen atoms in total. The molecule has 2 N–H and O–H groups in total. The van der Waals surface area contributed by atoms with Gasteiger partial charge in [-0.05, 0) is 26.2 Å². The van der Waals surface area contributed by atoms with Gasteiger partial charge in [0.05, 0.1) is 5.69 Å². The van der Waals surface area contributed by atoms with Crippen molar-refractivity contribution in [2.24, 2.45) is 5.73 Å². The average molecular weight is 283 g/mol. The molecule has 0 amide bonds. The summed E-state index contributed by atoms with van der Waals surface area (Å²) in [5.41, 5.74) is 7.47. The van der Waals surface area contributed by atoms with Gasteiger partial charge in [-0.15, -0.1) is 0 Å². The zero-order valence-electron chi connectivity index (χ0n) is 11.1. The van der Waals surface area contributed by atoms with Gasteiger partial charge in [-0.1, -0.05) is 18.3 Å². The Kier molecular flexibility index (Phi) is 3.56. The molecule has 0 radical (unpaired) electrons. The van der Waals surface area contributed by atoms with Crippen molar-refractivity contribution in [3.63, 3.8) is 0 Å². The second-order valence-electron chi connectivity index (χ2n) is 5.32. The fourth-order valence-corrected chi connectivity index (χ4v) is 5.13. The molecule has 1 fully saturated rings. The summed E-state index contributed by atoms with van der Waals surface area (Å²) in [4.78, 5) is 8.69. The van der Waals surface area contributed by atoms with Crippen LogP contribution < -0.4 is 10.6 Å². The highest BCUT2D eigenvalue weighted by atomic mass is 32.2. The van der Waals surface area contributed by atoms with Crippen molar-refractivity contribution < 1.29 is 0 Å². The van der Waals surface area contributed by atoms with Crippen molar-refractivity contribution in [1.29, 1.82) is 0 Å². The lowest BCUT2D eigenvalue weighted by molar-refractivity contribution is 0.572.